The lowest BCUT2D eigenvalue weighted by Crippen LogP contribution is -2.13. The minimum atomic E-state index is -3.11. The van der Waals surface area contributed by atoms with Gasteiger partial charge in [0.05, 0.1) is 17.8 Å². The Morgan fingerprint density at radius 2 is 2.10 bits per heavy atom. The van der Waals surface area contributed by atoms with Crippen LogP contribution in [0.15, 0.2) is 18.2 Å². The van der Waals surface area contributed by atoms with E-state index in [1.165, 1.54) is 25.3 Å². The standard InChI is InChI=1S/C12H16N2O6S/c1-20-11-6-5-9(8-10(11)14(16)17)13-12(15)4-3-7-21(2,18)19/h5-6,8H,3-4,7H2,1-2H3,(H,13,15). The Morgan fingerprint density at radius 1 is 1.43 bits per heavy atom. The van der Waals surface area contributed by atoms with Crippen LogP contribution in [0.2, 0.25) is 0 Å². The summed E-state index contributed by atoms with van der Waals surface area (Å²) < 4.78 is 26.7. The van der Waals surface area contributed by atoms with Gasteiger partial charge in [-0.3, -0.25) is 14.9 Å². The Bertz CT molecular complexity index is 641. The van der Waals surface area contributed by atoms with Crippen molar-refractivity contribution < 1.29 is 22.9 Å². The molecule has 9 heteroatoms. The lowest BCUT2D eigenvalue weighted by atomic mass is 10.2. The molecular formula is C12H16N2O6S. The largest absolute Gasteiger partial charge is 0.490 e. The molecule has 0 aliphatic rings. The van der Waals surface area contributed by atoms with E-state index in [1.807, 2.05) is 0 Å². The molecule has 21 heavy (non-hydrogen) atoms. The minimum Gasteiger partial charge on any atom is -0.490 e. The van der Waals surface area contributed by atoms with Crippen LogP contribution < -0.4 is 10.1 Å². The summed E-state index contributed by atoms with van der Waals surface area (Å²) in [4.78, 5) is 21.9. The van der Waals surface area contributed by atoms with Crippen LogP contribution in [0.25, 0.3) is 0 Å². The maximum Gasteiger partial charge on any atom is 0.312 e. The van der Waals surface area contributed by atoms with Crippen molar-refractivity contribution in [2.75, 3.05) is 24.4 Å². The first kappa shape index (κ1) is 16.9. The van der Waals surface area contributed by atoms with Crippen molar-refractivity contribution in [3.63, 3.8) is 0 Å². The lowest BCUT2D eigenvalue weighted by Gasteiger charge is -2.07. The quantitative estimate of drug-likeness (QED) is 0.600. The number of benzene rings is 1. The van der Waals surface area contributed by atoms with Gasteiger partial charge < -0.3 is 10.1 Å². The smallest absolute Gasteiger partial charge is 0.312 e. The summed E-state index contributed by atoms with van der Waals surface area (Å²) in [7, 11) is -1.79. The second-order valence-electron chi connectivity index (χ2n) is 4.43. The van der Waals surface area contributed by atoms with Gasteiger partial charge in [-0.15, -0.1) is 0 Å². The molecule has 0 aliphatic heterocycles. The molecule has 0 heterocycles. The number of carbonyl (C=O) groups excluding carboxylic acids is 1. The summed E-state index contributed by atoms with van der Waals surface area (Å²) in [5, 5.41) is 13.3. The van der Waals surface area contributed by atoms with Gasteiger partial charge in [0.25, 0.3) is 0 Å². The van der Waals surface area contributed by atoms with Crippen LogP contribution in [0.3, 0.4) is 0 Å². The SMILES string of the molecule is COc1ccc(NC(=O)CCCS(C)(=O)=O)cc1[N+](=O)[O-]. The number of sulfone groups is 1. The molecule has 0 saturated carbocycles. The monoisotopic (exact) mass is 316 g/mol. The van der Waals surface area contributed by atoms with Crippen molar-refractivity contribution in [1.29, 1.82) is 0 Å². The molecule has 116 valence electrons. The van der Waals surface area contributed by atoms with Crippen molar-refractivity contribution in [3.05, 3.63) is 28.3 Å². The predicted octanol–water partition coefficient (Wildman–Crippen LogP) is 1.37. The predicted molar refractivity (Wildman–Crippen MR) is 77.2 cm³/mol. The molecule has 1 amide bonds. The number of carbonyl (C=O) groups is 1. The molecule has 0 saturated heterocycles. The highest BCUT2D eigenvalue weighted by Crippen LogP contribution is 2.29. The average molecular weight is 316 g/mol. The molecule has 8 nitrogen and oxygen atoms in total. The van der Waals surface area contributed by atoms with E-state index < -0.39 is 20.7 Å². The fourth-order valence-electron chi connectivity index (χ4n) is 1.63. The number of nitrogens with zero attached hydrogens (tertiary/aromatic N) is 1. The normalized spacial score (nSPS) is 11.0. The molecule has 0 bridgehead atoms. The molecule has 0 unspecified atom stereocenters. The van der Waals surface area contributed by atoms with Crippen molar-refractivity contribution in [2.24, 2.45) is 0 Å². The summed E-state index contributed by atoms with van der Waals surface area (Å²) in [5.41, 5.74) is -0.00158. The van der Waals surface area contributed by atoms with E-state index in [2.05, 4.69) is 5.32 Å². The number of methoxy groups -OCH3 is 1. The highest BCUT2D eigenvalue weighted by atomic mass is 32.2. The molecule has 0 radical (unpaired) electrons. The van der Waals surface area contributed by atoms with Gasteiger partial charge in [0.1, 0.15) is 9.84 Å². The van der Waals surface area contributed by atoms with E-state index in [9.17, 15) is 23.3 Å². The number of nitro groups is 1. The molecule has 0 aromatic heterocycles. The lowest BCUT2D eigenvalue weighted by molar-refractivity contribution is -0.385. The van der Waals surface area contributed by atoms with Gasteiger partial charge in [-0.05, 0) is 18.6 Å². The molecule has 0 atom stereocenters. The van der Waals surface area contributed by atoms with Crippen LogP contribution >= 0.6 is 0 Å². The molecule has 1 aromatic rings. The number of hydrogen-bond donors (Lipinski definition) is 1. The molecule has 1 rings (SSSR count). The molecular weight excluding hydrogens is 300 g/mol. The van der Waals surface area contributed by atoms with Gasteiger partial charge in [0, 0.05) is 24.4 Å². The number of nitrogens with one attached hydrogen (secondary N) is 1. The third-order valence-electron chi connectivity index (χ3n) is 2.58. The van der Waals surface area contributed by atoms with E-state index in [0.29, 0.717) is 0 Å². The van der Waals surface area contributed by atoms with E-state index in [-0.39, 0.29) is 35.7 Å². The number of ether oxygens (including phenoxy) is 1. The van der Waals surface area contributed by atoms with Gasteiger partial charge >= 0.3 is 5.69 Å². The molecule has 0 aliphatic carbocycles. The fourth-order valence-corrected chi connectivity index (χ4v) is 2.30. The first-order valence-electron chi connectivity index (χ1n) is 6.03. The van der Waals surface area contributed by atoms with Crippen LogP contribution in [0.1, 0.15) is 12.8 Å². The Kier molecular flexibility index (Phi) is 5.65. The summed E-state index contributed by atoms with van der Waals surface area (Å²) in [6.45, 7) is 0. The minimum absolute atomic E-state index is 0.0207. The van der Waals surface area contributed by atoms with E-state index in [0.717, 1.165) is 6.26 Å². The zero-order valence-electron chi connectivity index (χ0n) is 11.7. The number of nitro benzene ring substituents is 1. The van der Waals surface area contributed by atoms with Crippen molar-refractivity contribution >= 4 is 27.1 Å². The van der Waals surface area contributed by atoms with Gasteiger partial charge in [-0.2, -0.15) is 0 Å². The number of rotatable bonds is 7. The maximum absolute atomic E-state index is 11.6. The topological polar surface area (TPSA) is 116 Å². The number of hydrogen-bond acceptors (Lipinski definition) is 6. The van der Waals surface area contributed by atoms with E-state index in [4.69, 9.17) is 4.74 Å². The van der Waals surface area contributed by atoms with Gasteiger partial charge in [-0.1, -0.05) is 0 Å². The highest BCUT2D eigenvalue weighted by molar-refractivity contribution is 7.90. The summed E-state index contributed by atoms with van der Waals surface area (Å²) >= 11 is 0. The van der Waals surface area contributed by atoms with Crippen molar-refractivity contribution in [2.45, 2.75) is 12.8 Å². The van der Waals surface area contributed by atoms with Crippen LogP contribution in [0, 0.1) is 10.1 Å². The summed E-state index contributed by atoms with van der Waals surface area (Å²) in [6.07, 6.45) is 1.31. The third kappa shape index (κ3) is 5.78. The van der Waals surface area contributed by atoms with E-state index in [1.54, 1.807) is 0 Å². The number of anilines is 1. The Morgan fingerprint density at radius 3 is 2.62 bits per heavy atom. The molecule has 0 spiro atoms. The molecule has 1 N–H and O–H groups in total. The van der Waals surface area contributed by atoms with Gasteiger partial charge in [-0.25, -0.2) is 8.42 Å². The van der Waals surface area contributed by atoms with Crippen molar-refractivity contribution in [1.82, 2.24) is 0 Å². The Balaban J connectivity index is 2.68. The Hall–Kier alpha value is -2.16. The van der Waals surface area contributed by atoms with Crippen molar-refractivity contribution in [3.8, 4) is 5.75 Å². The average Bonchev–Trinajstić information content (AvgIpc) is 2.37. The molecule has 0 fully saturated rings. The Labute approximate surface area is 122 Å². The van der Waals surface area contributed by atoms with Crippen LogP contribution in [0.4, 0.5) is 11.4 Å². The van der Waals surface area contributed by atoms with Crippen LogP contribution in [-0.4, -0.2) is 38.4 Å². The van der Waals surface area contributed by atoms with Gasteiger partial charge in [0.2, 0.25) is 5.91 Å². The fraction of sp³-hybridized carbons (Fsp3) is 0.417. The zero-order valence-corrected chi connectivity index (χ0v) is 12.5. The first-order valence-corrected chi connectivity index (χ1v) is 8.09. The summed E-state index contributed by atoms with van der Waals surface area (Å²) in [5.74, 6) is -0.392. The summed E-state index contributed by atoms with van der Waals surface area (Å²) in [6, 6.07) is 4.04. The first-order chi connectivity index (χ1) is 9.73. The van der Waals surface area contributed by atoms with E-state index >= 15 is 0 Å². The second kappa shape index (κ2) is 7.02. The zero-order chi connectivity index (χ0) is 16.0. The second-order valence-corrected chi connectivity index (χ2v) is 6.69. The maximum atomic E-state index is 11.6. The third-order valence-corrected chi connectivity index (χ3v) is 3.61. The number of amides is 1. The van der Waals surface area contributed by atoms with Crippen LogP contribution in [-0.2, 0) is 14.6 Å². The van der Waals surface area contributed by atoms with Gasteiger partial charge in [0.15, 0.2) is 5.75 Å². The van der Waals surface area contributed by atoms with Crippen LogP contribution in [0.5, 0.6) is 5.75 Å². The molecule has 1 aromatic carbocycles. The highest BCUT2D eigenvalue weighted by Gasteiger charge is 2.16.